The maximum absolute atomic E-state index is 5.46. The van der Waals surface area contributed by atoms with Gasteiger partial charge < -0.3 is 14.4 Å². The van der Waals surface area contributed by atoms with Crippen LogP contribution in [0, 0.1) is 0 Å². The van der Waals surface area contributed by atoms with Gasteiger partial charge in [-0.2, -0.15) is 10.1 Å². The van der Waals surface area contributed by atoms with Crippen LogP contribution in [0.1, 0.15) is 5.56 Å². The molecular formula is C17H18N6O2. The van der Waals surface area contributed by atoms with E-state index in [1.165, 1.54) is 5.56 Å². The van der Waals surface area contributed by atoms with Crippen LogP contribution in [-0.4, -0.2) is 58.0 Å². The maximum Gasteiger partial charge on any atom is 0.231 e. The van der Waals surface area contributed by atoms with Crippen molar-refractivity contribution in [2.75, 3.05) is 37.9 Å². The summed E-state index contributed by atoms with van der Waals surface area (Å²) in [6.07, 6.45) is 3.56. The van der Waals surface area contributed by atoms with Gasteiger partial charge in [-0.1, -0.05) is 6.07 Å². The molecule has 5 rings (SSSR count). The molecule has 25 heavy (non-hydrogen) atoms. The van der Waals surface area contributed by atoms with E-state index in [1.54, 1.807) is 6.20 Å². The van der Waals surface area contributed by atoms with Gasteiger partial charge in [0.1, 0.15) is 0 Å². The Morgan fingerprint density at radius 2 is 1.92 bits per heavy atom. The number of rotatable bonds is 3. The van der Waals surface area contributed by atoms with Crippen molar-refractivity contribution in [2.45, 2.75) is 6.54 Å². The van der Waals surface area contributed by atoms with Crippen molar-refractivity contribution in [3.8, 4) is 11.5 Å². The van der Waals surface area contributed by atoms with Crippen LogP contribution in [0.15, 0.2) is 30.6 Å². The van der Waals surface area contributed by atoms with E-state index >= 15 is 0 Å². The summed E-state index contributed by atoms with van der Waals surface area (Å²) in [5, 5.41) is 7.83. The number of nitrogens with zero attached hydrogens (tertiary/aromatic N) is 5. The molecular weight excluding hydrogens is 320 g/mol. The molecule has 1 N–H and O–H groups in total. The Kier molecular flexibility index (Phi) is 3.41. The molecule has 128 valence electrons. The largest absolute Gasteiger partial charge is 0.454 e. The Balaban J connectivity index is 1.23. The minimum Gasteiger partial charge on any atom is -0.454 e. The quantitative estimate of drug-likeness (QED) is 0.773. The van der Waals surface area contributed by atoms with Gasteiger partial charge in [0.05, 0.1) is 11.6 Å². The lowest BCUT2D eigenvalue weighted by Crippen LogP contribution is -2.46. The fraction of sp³-hybridized carbons (Fsp3) is 0.353. The molecule has 8 heteroatoms. The number of hydrogen-bond acceptors (Lipinski definition) is 7. The minimum absolute atomic E-state index is 0.318. The molecule has 2 aliphatic rings. The number of H-pyrrole nitrogens is 1. The summed E-state index contributed by atoms with van der Waals surface area (Å²) in [5.41, 5.74) is 2.03. The van der Waals surface area contributed by atoms with Gasteiger partial charge in [-0.05, 0) is 17.7 Å². The molecule has 0 amide bonds. The van der Waals surface area contributed by atoms with Crippen molar-refractivity contribution in [1.29, 1.82) is 0 Å². The fourth-order valence-corrected chi connectivity index (χ4v) is 3.28. The summed E-state index contributed by atoms with van der Waals surface area (Å²) in [6.45, 7) is 4.98. The number of piperazine rings is 1. The average Bonchev–Trinajstić information content (AvgIpc) is 3.30. The number of aromatic nitrogens is 4. The highest BCUT2D eigenvalue weighted by Crippen LogP contribution is 2.32. The third kappa shape index (κ3) is 2.74. The normalized spacial score (nSPS) is 17.4. The van der Waals surface area contributed by atoms with Gasteiger partial charge in [0, 0.05) is 38.9 Å². The summed E-state index contributed by atoms with van der Waals surface area (Å²) in [7, 11) is 0. The van der Waals surface area contributed by atoms with Crippen LogP contribution in [0.2, 0.25) is 0 Å². The zero-order valence-electron chi connectivity index (χ0n) is 13.7. The van der Waals surface area contributed by atoms with E-state index in [4.69, 9.17) is 9.47 Å². The van der Waals surface area contributed by atoms with Gasteiger partial charge in [0.15, 0.2) is 17.1 Å². The first-order valence-corrected chi connectivity index (χ1v) is 8.37. The van der Waals surface area contributed by atoms with E-state index in [2.05, 4.69) is 42.1 Å². The first-order chi connectivity index (χ1) is 12.3. The van der Waals surface area contributed by atoms with Crippen molar-refractivity contribution < 1.29 is 9.47 Å². The molecule has 0 spiro atoms. The van der Waals surface area contributed by atoms with E-state index in [0.29, 0.717) is 6.79 Å². The number of benzene rings is 1. The number of fused-ring (bicyclic) bond motifs is 2. The Morgan fingerprint density at radius 1 is 1.04 bits per heavy atom. The van der Waals surface area contributed by atoms with Crippen molar-refractivity contribution in [3.05, 3.63) is 36.2 Å². The molecule has 1 fully saturated rings. The van der Waals surface area contributed by atoms with Crippen LogP contribution < -0.4 is 14.4 Å². The van der Waals surface area contributed by atoms with E-state index in [9.17, 15) is 0 Å². The van der Waals surface area contributed by atoms with Gasteiger partial charge in [0.2, 0.25) is 12.7 Å². The van der Waals surface area contributed by atoms with Crippen molar-refractivity contribution in [3.63, 3.8) is 0 Å². The number of ether oxygens (including phenoxy) is 2. The Bertz CT molecular complexity index is 903. The summed E-state index contributed by atoms with van der Waals surface area (Å²) in [4.78, 5) is 13.7. The molecule has 1 aromatic carbocycles. The second-order valence-corrected chi connectivity index (χ2v) is 6.29. The molecule has 0 aliphatic carbocycles. The third-order valence-corrected chi connectivity index (χ3v) is 4.68. The summed E-state index contributed by atoms with van der Waals surface area (Å²) < 4.78 is 10.8. The highest BCUT2D eigenvalue weighted by Gasteiger charge is 2.20. The summed E-state index contributed by atoms with van der Waals surface area (Å²) in [5.74, 6) is 2.44. The van der Waals surface area contributed by atoms with Gasteiger partial charge >= 0.3 is 0 Å². The Morgan fingerprint density at radius 3 is 2.84 bits per heavy atom. The zero-order valence-corrected chi connectivity index (χ0v) is 13.7. The highest BCUT2D eigenvalue weighted by molar-refractivity contribution is 5.73. The second-order valence-electron chi connectivity index (χ2n) is 6.29. The molecule has 0 radical (unpaired) electrons. The molecule has 0 bridgehead atoms. The first kappa shape index (κ1) is 14.5. The van der Waals surface area contributed by atoms with Crippen LogP contribution in [-0.2, 0) is 6.54 Å². The third-order valence-electron chi connectivity index (χ3n) is 4.68. The first-order valence-electron chi connectivity index (χ1n) is 8.37. The fourth-order valence-electron chi connectivity index (χ4n) is 3.28. The second kappa shape index (κ2) is 5.89. The predicted octanol–water partition coefficient (Wildman–Crippen LogP) is 1.40. The molecule has 0 saturated carbocycles. The predicted molar refractivity (Wildman–Crippen MR) is 91.7 cm³/mol. The molecule has 8 nitrogen and oxygen atoms in total. The van der Waals surface area contributed by atoms with Crippen LogP contribution in [0.5, 0.6) is 11.5 Å². The number of anilines is 1. The molecule has 0 atom stereocenters. The van der Waals surface area contributed by atoms with Crippen LogP contribution in [0.25, 0.3) is 11.0 Å². The number of nitrogens with one attached hydrogen (secondary N) is 1. The Labute approximate surface area is 144 Å². The standard InChI is InChI=1S/C17H18N6O2/c1-2-14-15(25-11-24-14)7-12(1)10-22-3-5-23(6-4-22)17-18-8-13-9-19-21-16(13)20-17/h1-2,7-9H,3-6,10-11H2,(H,18,19,20,21). The molecule has 1 saturated heterocycles. The van der Waals surface area contributed by atoms with Crippen molar-refractivity contribution in [1.82, 2.24) is 25.1 Å². The van der Waals surface area contributed by atoms with E-state index in [-0.39, 0.29) is 0 Å². The topological polar surface area (TPSA) is 79.4 Å². The molecule has 3 aromatic rings. The van der Waals surface area contributed by atoms with Gasteiger partial charge in [-0.15, -0.1) is 0 Å². The maximum atomic E-state index is 5.46. The molecule has 4 heterocycles. The lowest BCUT2D eigenvalue weighted by molar-refractivity contribution is 0.174. The lowest BCUT2D eigenvalue weighted by Gasteiger charge is -2.34. The van der Waals surface area contributed by atoms with Gasteiger partial charge in [0.25, 0.3) is 0 Å². The SMILES string of the molecule is c1cc2c(cc1CN1CCN(c3ncc4cn[nH]c4n3)CC1)OCO2. The van der Waals surface area contributed by atoms with Crippen molar-refractivity contribution in [2.24, 2.45) is 0 Å². The van der Waals surface area contributed by atoms with Crippen molar-refractivity contribution >= 4 is 17.0 Å². The van der Waals surface area contributed by atoms with Crippen LogP contribution >= 0.6 is 0 Å². The smallest absolute Gasteiger partial charge is 0.231 e. The zero-order chi connectivity index (χ0) is 16.6. The van der Waals surface area contributed by atoms with Crippen LogP contribution in [0.4, 0.5) is 5.95 Å². The van der Waals surface area contributed by atoms with Gasteiger partial charge in [-0.3, -0.25) is 10.00 Å². The monoisotopic (exact) mass is 338 g/mol. The Hall–Kier alpha value is -2.87. The number of aromatic amines is 1. The van der Waals surface area contributed by atoms with Crippen LogP contribution in [0.3, 0.4) is 0 Å². The summed E-state index contributed by atoms with van der Waals surface area (Å²) >= 11 is 0. The number of hydrogen-bond donors (Lipinski definition) is 1. The summed E-state index contributed by atoms with van der Waals surface area (Å²) in [6, 6.07) is 6.17. The highest BCUT2D eigenvalue weighted by atomic mass is 16.7. The van der Waals surface area contributed by atoms with E-state index in [1.807, 2.05) is 12.3 Å². The van der Waals surface area contributed by atoms with E-state index in [0.717, 1.165) is 61.2 Å². The molecule has 2 aliphatic heterocycles. The minimum atomic E-state index is 0.318. The average molecular weight is 338 g/mol. The van der Waals surface area contributed by atoms with E-state index < -0.39 is 0 Å². The molecule has 0 unspecified atom stereocenters. The molecule has 2 aromatic heterocycles. The lowest BCUT2D eigenvalue weighted by atomic mass is 10.1. The van der Waals surface area contributed by atoms with Gasteiger partial charge in [-0.25, -0.2) is 4.98 Å².